The van der Waals surface area contributed by atoms with Crippen molar-refractivity contribution in [2.24, 2.45) is 0 Å². The average Bonchev–Trinajstić information content (AvgIpc) is 3.14. The van der Waals surface area contributed by atoms with Gasteiger partial charge in [-0.2, -0.15) is 0 Å². The highest BCUT2D eigenvalue weighted by Crippen LogP contribution is 2.24. The lowest BCUT2D eigenvalue weighted by atomic mass is 10.1. The number of H-pyrrole nitrogens is 1. The van der Waals surface area contributed by atoms with E-state index in [1.807, 2.05) is 24.4 Å². The van der Waals surface area contributed by atoms with Crippen molar-refractivity contribution in [2.75, 3.05) is 19.0 Å². The van der Waals surface area contributed by atoms with Gasteiger partial charge in [-0.15, -0.1) is 0 Å². The number of aromatic nitrogens is 2. The van der Waals surface area contributed by atoms with E-state index in [0.717, 1.165) is 42.2 Å². The van der Waals surface area contributed by atoms with Gasteiger partial charge in [0.25, 0.3) is 0 Å². The van der Waals surface area contributed by atoms with Gasteiger partial charge in [-0.1, -0.05) is 12.1 Å². The molecule has 0 aliphatic heterocycles. The standard InChI is InChI=1S/C23H24N4O/c1-28-21-7-8-23-22(13-21)18(15-26-23)9-11-25-14-17-4-2-5-19(12-17)27-20-6-3-10-24-16-20/h2-8,10,12-13,15-16,25-27H,9,11,14H2,1H3. The molecule has 0 aliphatic carbocycles. The summed E-state index contributed by atoms with van der Waals surface area (Å²) >= 11 is 0. The Morgan fingerprint density at radius 3 is 2.82 bits per heavy atom. The molecule has 3 N–H and O–H groups in total. The maximum Gasteiger partial charge on any atom is 0.119 e. The molecule has 28 heavy (non-hydrogen) atoms. The van der Waals surface area contributed by atoms with Crippen LogP contribution in [0.15, 0.2) is 73.2 Å². The Hall–Kier alpha value is -3.31. The van der Waals surface area contributed by atoms with E-state index in [1.54, 1.807) is 13.3 Å². The van der Waals surface area contributed by atoms with Crippen molar-refractivity contribution in [1.29, 1.82) is 0 Å². The van der Waals surface area contributed by atoms with Gasteiger partial charge in [0.2, 0.25) is 0 Å². The predicted molar refractivity (Wildman–Crippen MR) is 114 cm³/mol. The van der Waals surface area contributed by atoms with Crippen LogP contribution in [0.5, 0.6) is 5.75 Å². The van der Waals surface area contributed by atoms with Gasteiger partial charge in [-0.3, -0.25) is 4.98 Å². The molecule has 0 saturated carbocycles. The fourth-order valence-electron chi connectivity index (χ4n) is 3.31. The van der Waals surface area contributed by atoms with Crippen LogP contribution in [0.3, 0.4) is 0 Å². The minimum Gasteiger partial charge on any atom is -0.497 e. The third kappa shape index (κ3) is 4.32. The summed E-state index contributed by atoms with van der Waals surface area (Å²) in [7, 11) is 1.70. The first-order chi connectivity index (χ1) is 13.8. The Kier molecular flexibility index (Phi) is 5.54. The zero-order valence-electron chi connectivity index (χ0n) is 15.9. The molecule has 2 aromatic heterocycles. The van der Waals surface area contributed by atoms with Crippen LogP contribution < -0.4 is 15.4 Å². The van der Waals surface area contributed by atoms with Crippen LogP contribution in [0.1, 0.15) is 11.1 Å². The van der Waals surface area contributed by atoms with Crippen molar-refractivity contribution in [2.45, 2.75) is 13.0 Å². The average molecular weight is 372 g/mol. The highest BCUT2D eigenvalue weighted by molar-refractivity contribution is 5.84. The first-order valence-electron chi connectivity index (χ1n) is 9.42. The topological polar surface area (TPSA) is 62.0 Å². The molecule has 0 aliphatic rings. The van der Waals surface area contributed by atoms with Gasteiger partial charge in [0.1, 0.15) is 5.75 Å². The van der Waals surface area contributed by atoms with Crippen molar-refractivity contribution < 1.29 is 4.74 Å². The summed E-state index contributed by atoms with van der Waals surface area (Å²) < 4.78 is 5.34. The quantitative estimate of drug-likeness (QED) is 0.394. The lowest BCUT2D eigenvalue weighted by Gasteiger charge is -2.09. The molecule has 2 heterocycles. The van der Waals surface area contributed by atoms with Crippen molar-refractivity contribution in [1.82, 2.24) is 15.3 Å². The Balaban J connectivity index is 1.33. The summed E-state index contributed by atoms with van der Waals surface area (Å²) in [6.07, 6.45) is 6.64. The number of nitrogens with zero attached hydrogens (tertiary/aromatic N) is 1. The van der Waals surface area contributed by atoms with Gasteiger partial charge in [0.05, 0.1) is 19.0 Å². The van der Waals surface area contributed by atoms with Crippen molar-refractivity contribution in [3.05, 3.63) is 84.3 Å². The van der Waals surface area contributed by atoms with E-state index in [9.17, 15) is 0 Å². The Bertz CT molecular complexity index is 1040. The first-order valence-corrected chi connectivity index (χ1v) is 9.42. The van der Waals surface area contributed by atoms with E-state index in [2.05, 4.69) is 63.2 Å². The van der Waals surface area contributed by atoms with Crippen LogP contribution in [0.2, 0.25) is 0 Å². The largest absolute Gasteiger partial charge is 0.497 e. The minimum absolute atomic E-state index is 0.828. The number of methoxy groups -OCH3 is 1. The van der Waals surface area contributed by atoms with Gasteiger partial charge >= 0.3 is 0 Å². The van der Waals surface area contributed by atoms with Gasteiger partial charge in [0, 0.05) is 35.5 Å². The number of hydrogen-bond acceptors (Lipinski definition) is 4. The van der Waals surface area contributed by atoms with E-state index in [0.29, 0.717) is 0 Å². The smallest absolute Gasteiger partial charge is 0.119 e. The molecule has 0 unspecified atom stereocenters. The number of hydrogen-bond donors (Lipinski definition) is 3. The van der Waals surface area contributed by atoms with Gasteiger partial charge in [-0.05, 0) is 66.6 Å². The molecule has 5 heteroatoms. The number of nitrogens with one attached hydrogen (secondary N) is 3. The van der Waals surface area contributed by atoms with Gasteiger partial charge in [0.15, 0.2) is 0 Å². The summed E-state index contributed by atoms with van der Waals surface area (Å²) in [6.45, 7) is 1.73. The molecule has 0 radical (unpaired) electrons. The maximum absolute atomic E-state index is 5.34. The van der Waals surface area contributed by atoms with Crippen molar-refractivity contribution >= 4 is 22.3 Å². The van der Waals surface area contributed by atoms with Crippen LogP contribution in [0.25, 0.3) is 10.9 Å². The Morgan fingerprint density at radius 1 is 1.04 bits per heavy atom. The lowest BCUT2D eigenvalue weighted by molar-refractivity contribution is 0.415. The van der Waals surface area contributed by atoms with Gasteiger partial charge < -0.3 is 20.4 Å². The number of rotatable bonds is 8. The lowest BCUT2D eigenvalue weighted by Crippen LogP contribution is -2.16. The Morgan fingerprint density at radius 2 is 1.96 bits per heavy atom. The third-order valence-corrected chi connectivity index (χ3v) is 4.75. The summed E-state index contributed by atoms with van der Waals surface area (Å²) in [6, 6.07) is 18.5. The van der Waals surface area contributed by atoms with Crippen molar-refractivity contribution in [3.63, 3.8) is 0 Å². The maximum atomic E-state index is 5.34. The molecular formula is C23H24N4O. The molecule has 4 aromatic rings. The van der Waals surface area contributed by atoms with Crippen LogP contribution >= 0.6 is 0 Å². The second-order valence-electron chi connectivity index (χ2n) is 6.72. The van der Waals surface area contributed by atoms with E-state index < -0.39 is 0 Å². The zero-order valence-corrected chi connectivity index (χ0v) is 15.9. The second-order valence-corrected chi connectivity index (χ2v) is 6.72. The molecule has 0 fully saturated rings. The molecule has 0 atom stereocenters. The summed E-state index contributed by atoms with van der Waals surface area (Å²) in [5.74, 6) is 0.888. The van der Waals surface area contributed by atoms with Crippen LogP contribution in [-0.2, 0) is 13.0 Å². The molecule has 2 aromatic carbocycles. The van der Waals surface area contributed by atoms with Gasteiger partial charge in [-0.25, -0.2) is 0 Å². The van der Waals surface area contributed by atoms with E-state index in [1.165, 1.54) is 16.5 Å². The van der Waals surface area contributed by atoms with Crippen LogP contribution in [0.4, 0.5) is 11.4 Å². The fraction of sp³-hybridized carbons (Fsp3) is 0.174. The number of fused-ring (bicyclic) bond motifs is 1. The number of pyridine rings is 1. The molecule has 0 amide bonds. The monoisotopic (exact) mass is 372 g/mol. The summed E-state index contributed by atoms with van der Waals surface area (Å²) in [5, 5.41) is 8.15. The first kappa shape index (κ1) is 18.1. The number of aromatic amines is 1. The Labute approximate surface area is 164 Å². The van der Waals surface area contributed by atoms with Crippen molar-refractivity contribution in [3.8, 4) is 5.75 Å². The third-order valence-electron chi connectivity index (χ3n) is 4.75. The summed E-state index contributed by atoms with van der Waals surface area (Å²) in [4.78, 5) is 7.47. The number of ether oxygens (including phenoxy) is 1. The minimum atomic E-state index is 0.828. The van der Waals surface area contributed by atoms with Crippen LogP contribution in [0, 0.1) is 0 Å². The predicted octanol–water partition coefficient (Wildman–Crippen LogP) is 4.65. The van der Waals surface area contributed by atoms with E-state index in [-0.39, 0.29) is 0 Å². The van der Waals surface area contributed by atoms with E-state index in [4.69, 9.17) is 4.74 Å². The molecule has 0 saturated heterocycles. The summed E-state index contributed by atoms with van der Waals surface area (Å²) in [5.41, 5.74) is 5.74. The SMILES string of the molecule is COc1ccc2[nH]cc(CCNCc3cccc(Nc4cccnc4)c3)c2c1. The normalized spacial score (nSPS) is 10.9. The van der Waals surface area contributed by atoms with Crippen LogP contribution in [-0.4, -0.2) is 23.6 Å². The zero-order chi connectivity index (χ0) is 19.2. The molecule has 142 valence electrons. The molecule has 0 bridgehead atoms. The molecule has 5 nitrogen and oxygen atoms in total. The molecule has 4 rings (SSSR count). The molecule has 0 spiro atoms. The van der Waals surface area contributed by atoms with E-state index >= 15 is 0 Å². The fourth-order valence-corrected chi connectivity index (χ4v) is 3.31. The number of benzene rings is 2. The second kappa shape index (κ2) is 8.59. The molecular weight excluding hydrogens is 348 g/mol. The highest BCUT2D eigenvalue weighted by atomic mass is 16.5. The highest BCUT2D eigenvalue weighted by Gasteiger charge is 2.05. The number of anilines is 2.